The number of esters is 1. The van der Waals surface area contributed by atoms with E-state index in [1.807, 2.05) is 0 Å². The summed E-state index contributed by atoms with van der Waals surface area (Å²) >= 11 is 1.28. The van der Waals surface area contributed by atoms with Crippen LogP contribution in [0.15, 0.2) is 46.8 Å². The van der Waals surface area contributed by atoms with Crippen LogP contribution < -0.4 is 5.32 Å². The molecule has 0 spiro atoms. The number of ether oxygens (including phenoxy) is 1. The maximum atomic E-state index is 12.9. The summed E-state index contributed by atoms with van der Waals surface area (Å²) in [5, 5.41) is 15.6. The first-order valence-corrected chi connectivity index (χ1v) is 10.9. The molecule has 10 nitrogen and oxygen atoms in total. The van der Waals surface area contributed by atoms with E-state index in [1.54, 1.807) is 44.2 Å². The van der Waals surface area contributed by atoms with Crippen LogP contribution in [0.25, 0.3) is 0 Å². The summed E-state index contributed by atoms with van der Waals surface area (Å²) in [6, 6.07) is 7.74. The highest BCUT2D eigenvalue weighted by molar-refractivity contribution is 8.00. The third-order valence-electron chi connectivity index (χ3n) is 4.60. The zero-order chi connectivity index (χ0) is 23.4. The first-order valence-electron chi connectivity index (χ1n) is 9.84. The molecule has 0 aromatic heterocycles. The molecule has 1 saturated heterocycles. The summed E-state index contributed by atoms with van der Waals surface area (Å²) < 4.78 is 4.91. The van der Waals surface area contributed by atoms with Gasteiger partial charge < -0.3 is 20.0 Å². The van der Waals surface area contributed by atoms with E-state index in [1.165, 1.54) is 18.7 Å². The van der Waals surface area contributed by atoms with Crippen LogP contribution in [-0.2, 0) is 28.8 Å². The summed E-state index contributed by atoms with van der Waals surface area (Å²) in [5.74, 6) is -2.78. The van der Waals surface area contributed by atoms with Crippen LogP contribution >= 0.6 is 11.8 Å². The number of rotatable bonds is 8. The molecule has 0 aliphatic carbocycles. The Morgan fingerprint density at radius 1 is 1.28 bits per heavy atom. The van der Waals surface area contributed by atoms with Crippen LogP contribution in [0.1, 0.15) is 26.3 Å². The molecule has 1 fully saturated rings. The number of benzene rings is 1. The fourth-order valence-corrected chi connectivity index (χ4v) is 4.50. The van der Waals surface area contributed by atoms with E-state index in [-0.39, 0.29) is 29.9 Å². The highest BCUT2D eigenvalue weighted by Crippen LogP contribution is 2.40. The van der Waals surface area contributed by atoms with Crippen LogP contribution in [0, 0.1) is 0 Å². The van der Waals surface area contributed by atoms with Crippen molar-refractivity contribution in [2.45, 2.75) is 38.3 Å². The Bertz CT molecular complexity index is 990. The van der Waals surface area contributed by atoms with Gasteiger partial charge in [-0.15, -0.1) is 11.8 Å². The van der Waals surface area contributed by atoms with Crippen LogP contribution in [0.4, 0.5) is 0 Å². The monoisotopic (exact) mass is 461 g/mol. The molecule has 170 valence electrons. The van der Waals surface area contributed by atoms with Gasteiger partial charge in [0.1, 0.15) is 29.8 Å². The number of hydrogen-bond acceptors (Lipinski definition) is 8. The Balaban J connectivity index is 1.79. The second-order valence-corrected chi connectivity index (χ2v) is 8.46. The quantitative estimate of drug-likeness (QED) is 0.255. The first kappa shape index (κ1) is 23.3. The van der Waals surface area contributed by atoms with Crippen molar-refractivity contribution >= 4 is 41.2 Å². The van der Waals surface area contributed by atoms with Crippen molar-refractivity contribution in [3.8, 4) is 0 Å². The number of nitrogens with one attached hydrogen (secondary N) is 1. The Morgan fingerprint density at radius 2 is 1.97 bits per heavy atom. The zero-order valence-electron chi connectivity index (χ0n) is 17.7. The molecule has 2 aliphatic heterocycles. The van der Waals surface area contributed by atoms with E-state index in [2.05, 4.69) is 10.5 Å². The molecule has 2 aliphatic rings. The summed E-state index contributed by atoms with van der Waals surface area (Å²) in [7, 11) is 0. The average molecular weight is 461 g/mol. The number of hydrogen-bond donors (Lipinski definition) is 2. The summed E-state index contributed by atoms with van der Waals surface area (Å²) in [6.07, 6.45) is -0.254. The Morgan fingerprint density at radius 3 is 2.56 bits per heavy atom. The number of aliphatic carboxylic acids is 1. The molecule has 2 atom stereocenters. The van der Waals surface area contributed by atoms with Gasteiger partial charge in [-0.2, -0.15) is 0 Å². The molecule has 32 heavy (non-hydrogen) atoms. The smallest absolute Gasteiger partial charge is 0.352 e. The van der Waals surface area contributed by atoms with Gasteiger partial charge in [0, 0.05) is 23.8 Å². The number of thioether (sulfide) groups is 1. The van der Waals surface area contributed by atoms with Crippen LogP contribution in [0.5, 0.6) is 0 Å². The van der Waals surface area contributed by atoms with Gasteiger partial charge in [0.05, 0.1) is 0 Å². The van der Waals surface area contributed by atoms with Gasteiger partial charge in [-0.1, -0.05) is 35.5 Å². The predicted molar refractivity (Wildman–Crippen MR) is 116 cm³/mol. The third-order valence-corrected chi connectivity index (χ3v) is 5.94. The highest BCUT2D eigenvalue weighted by atomic mass is 32.2. The topological polar surface area (TPSA) is 135 Å². The van der Waals surface area contributed by atoms with Crippen LogP contribution in [0.2, 0.25) is 0 Å². The van der Waals surface area contributed by atoms with E-state index in [9.17, 15) is 24.3 Å². The molecule has 0 unspecified atom stereocenters. The Hall–Kier alpha value is -3.34. The standard InChI is InChI=1S/C21H23N3O7S/c1-11(2)31-23-15(13-7-5-4-6-8-13)18(26)22-16-19(27)24-17(21(28)29)14(9-30-12(3)25)10-32-20(16)24/h4-8,11,16,20H,9-10H2,1-3H3,(H,22,26)(H,28,29)/t16-,20-/m1/s1. The number of carbonyl (C=O) groups is 4. The third kappa shape index (κ3) is 4.93. The van der Waals surface area contributed by atoms with Gasteiger partial charge in [0.15, 0.2) is 5.71 Å². The lowest BCUT2D eigenvalue weighted by Crippen LogP contribution is -2.71. The van der Waals surface area contributed by atoms with Gasteiger partial charge in [-0.05, 0) is 13.8 Å². The summed E-state index contributed by atoms with van der Waals surface area (Å²) in [4.78, 5) is 55.0. The number of nitrogens with zero attached hydrogens (tertiary/aromatic N) is 2. The van der Waals surface area contributed by atoms with E-state index >= 15 is 0 Å². The molecule has 2 heterocycles. The number of carboxylic acid groups (broad SMARTS) is 1. The normalized spacial score (nSPS) is 20.4. The van der Waals surface area contributed by atoms with Gasteiger partial charge in [0.25, 0.3) is 11.8 Å². The minimum Gasteiger partial charge on any atom is -0.477 e. The molecule has 2 N–H and O–H groups in total. The van der Waals surface area contributed by atoms with E-state index < -0.39 is 35.2 Å². The largest absolute Gasteiger partial charge is 0.477 e. The van der Waals surface area contributed by atoms with Gasteiger partial charge in [-0.3, -0.25) is 19.3 Å². The maximum absolute atomic E-state index is 12.9. The van der Waals surface area contributed by atoms with Gasteiger partial charge in [0.2, 0.25) is 0 Å². The van der Waals surface area contributed by atoms with E-state index in [0.29, 0.717) is 11.1 Å². The molecular weight excluding hydrogens is 438 g/mol. The molecule has 0 saturated carbocycles. The number of oxime groups is 1. The van der Waals surface area contributed by atoms with Crippen molar-refractivity contribution in [3.63, 3.8) is 0 Å². The Kier molecular flexibility index (Phi) is 7.18. The molecular formula is C21H23N3O7S. The lowest BCUT2D eigenvalue weighted by molar-refractivity contribution is -0.150. The number of carboxylic acids is 1. The number of β-lactam (4-membered cyclic amide) rings is 1. The summed E-state index contributed by atoms with van der Waals surface area (Å²) in [5.41, 5.74) is 0.630. The number of carbonyl (C=O) groups excluding carboxylic acids is 3. The molecule has 1 aromatic carbocycles. The lowest BCUT2D eigenvalue weighted by atomic mass is 10.0. The van der Waals surface area contributed by atoms with Crippen molar-refractivity contribution < 1.29 is 33.9 Å². The molecule has 3 rings (SSSR count). The van der Waals surface area contributed by atoms with Gasteiger partial charge >= 0.3 is 11.9 Å². The van der Waals surface area contributed by atoms with Crippen molar-refractivity contribution in [1.82, 2.24) is 10.2 Å². The minimum atomic E-state index is -1.30. The molecule has 0 radical (unpaired) electrons. The van der Waals surface area contributed by atoms with Crippen LogP contribution in [-0.4, -0.2) is 69.4 Å². The fraction of sp³-hybridized carbons (Fsp3) is 0.381. The maximum Gasteiger partial charge on any atom is 0.352 e. The molecule has 11 heteroatoms. The molecule has 2 amide bonds. The summed E-state index contributed by atoms with van der Waals surface area (Å²) in [6.45, 7) is 4.54. The highest BCUT2D eigenvalue weighted by Gasteiger charge is 2.54. The Labute approximate surface area is 188 Å². The molecule has 0 bridgehead atoms. The second kappa shape index (κ2) is 9.86. The predicted octanol–water partition coefficient (Wildman–Crippen LogP) is 1.12. The second-order valence-electron chi connectivity index (χ2n) is 7.36. The van der Waals surface area contributed by atoms with Crippen molar-refractivity contribution in [3.05, 3.63) is 47.2 Å². The van der Waals surface area contributed by atoms with Crippen molar-refractivity contribution in [2.24, 2.45) is 5.16 Å². The van der Waals surface area contributed by atoms with E-state index in [4.69, 9.17) is 9.57 Å². The first-order chi connectivity index (χ1) is 15.2. The van der Waals surface area contributed by atoms with Gasteiger partial charge in [-0.25, -0.2) is 4.79 Å². The number of fused-ring (bicyclic) bond motifs is 1. The molecule has 1 aromatic rings. The fourth-order valence-electron chi connectivity index (χ4n) is 3.17. The SMILES string of the molecule is CC(=O)OCC1=C(C(=O)O)N2C(=O)[C@@H](NC(=O)C(=NOC(C)C)c3ccccc3)[C@H]2SC1. The minimum absolute atomic E-state index is 0.0101. The number of amides is 2. The van der Waals surface area contributed by atoms with Crippen molar-refractivity contribution in [1.29, 1.82) is 0 Å². The lowest BCUT2D eigenvalue weighted by Gasteiger charge is -2.49. The average Bonchev–Trinajstić information content (AvgIpc) is 2.75. The van der Waals surface area contributed by atoms with Crippen molar-refractivity contribution in [2.75, 3.05) is 12.4 Å². The van der Waals surface area contributed by atoms with E-state index in [0.717, 1.165) is 4.90 Å². The zero-order valence-corrected chi connectivity index (χ0v) is 18.5. The van der Waals surface area contributed by atoms with Crippen LogP contribution in [0.3, 0.4) is 0 Å².